The van der Waals surface area contributed by atoms with Crippen LogP contribution in [0.4, 0.5) is 0 Å². The number of para-hydroxylation sites is 2. The Morgan fingerprint density at radius 2 is 1.67 bits per heavy atom. The molecule has 4 bridgehead atoms. The molecule has 6 atom stereocenters. The molecule has 2 saturated carbocycles. The molecule has 4 fully saturated rings. The Morgan fingerprint density at radius 3 is 2.33 bits per heavy atom. The van der Waals surface area contributed by atoms with Crippen molar-refractivity contribution < 1.29 is 9.90 Å². The van der Waals surface area contributed by atoms with Gasteiger partial charge in [0.15, 0.2) is 0 Å². The summed E-state index contributed by atoms with van der Waals surface area (Å²) in [5.74, 6) is 0.935. The number of rotatable bonds is 7. The summed E-state index contributed by atoms with van der Waals surface area (Å²) in [6.45, 7) is 2.03. The average molecular weight is 492 g/mol. The molecule has 5 unspecified atom stereocenters. The standard InChI is InChI=1S/C30H41N3O3/c1-2-21(10-13-28(34)35)29-30(36)33(27-9-4-3-8-26(27)31-29)25-17-22-11-12-23(18-25)32(22)24-15-19-6-5-7-20(14-19)16-24/h3-4,8-9,19-25H,2,5-7,10-18H2,1H3,(H,34,35)/t19?,20?,21?,22-,23?,24?,25?/m0/s1. The van der Waals surface area contributed by atoms with E-state index in [0.29, 0.717) is 24.2 Å². The third-order valence-electron chi connectivity index (χ3n) is 10.1. The average Bonchev–Trinajstić information content (AvgIpc) is 3.13. The number of aliphatic carboxylic acids is 1. The number of carbonyl (C=O) groups is 1. The lowest BCUT2D eigenvalue weighted by molar-refractivity contribution is -0.137. The zero-order chi connectivity index (χ0) is 24.8. The van der Waals surface area contributed by atoms with Gasteiger partial charge < -0.3 is 9.67 Å². The van der Waals surface area contributed by atoms with E-state index in [1.807, 2.05) is 31.2 Å². The third kappa shape index (κ3) is 4.40. The highest BCUT2D eigenvalue weighted by Crippen LogP contribution is 2.48. The monoisotopic (exact) mass is 491 g/mol. The van der Waals surface area contributed by atoms with Crippen molar-refractivity contribution in [2.24, 2.45) is 11.8 Å². The third-order valence-corrected chi connectivity index (χ3v) is 10.1. The summed E-state index contributed by atoms with van der Waals surface area (Å²) in [6.07, 6.45) is 14.4. The van der Waals surface area contributed by atoms with E-state index in [4.69, 9.17) is 4.98 Å². The molecule has 6 heteroatoms. The van der Waals surface area contributed by atoms with Crippen LogP contribution in [0.5, 0.6) is 0 Å². The maximum absolute atomic E-state index is 14.0. The van der Waals surface area contributed by atoms with Gasteiger partial charge in [0.2, 0.25) is 0 Å². The largest absolute Gasteiger partial charge is 0.481 e. The van der Waals surface area contributed by atoms with Crippen LogP contribution in [0.3, 0.4) is 0 Å². The Labute approximate surface area is 214 Å². The molecule has 1 aromatic heterocycles. The number of benzene rings is 1. The van der Waals surface area contributed by atoms with Gasteiger partial charge in [-0.25, -0.2) is 4.98 Å². The van der Waals surface area contributed by atoms with Crippen LogP contribution in [0.15, 0.2) is 29.1 Å². The molecule has 4 aliphatic rings. The van der Waals surface area contributed by atoms with Crippen LogP contribution in [-0.2, 0) is 4.79 Å². The molecule has 2 aliphatic carbocycles. The van der Waals surface area contributed by atoms with Crippen molar-refractivity contribution in [2.45, 2.75) is 120 Å². The SMILES string of the molecule is CCC(CCC(=O)O)c1nc2ccccc2n(C2CC3CC[C@@H](C2)N3C2CC3CCCC(C3)C2)c1=O. The quantitative estimate of drug-likeness (QED) is 0.523. The summed E-state index contributed by atoms with van der Waals surface area (Å²) in [5.41, 5.74) is 2.36. The number of nitrogens with zero attached hydrogens (tertiary/aromatic N) is 3. The fourth-order valence-electron chi connectivity index (χ4n) is 8.56. The van der Waals surface area contributed by atoms with Crippen LogP contribution in [0.1, 0.15) is 108 Å². The lowest BCUT2D eigenvalue weighted by Gasteiger charge is -2.49. The zero-order valence-corrected chi connectivity index (χ0v) is 21.6. The summed E-state index contributed by atoms with van der Waals surface area (Å²) < 4.78 is 2.07. The number of aromatic nitrogens is 2. The van der Waals surface area contributed by atoms with Gasteiger partial charge in [0.1, 0.15) is 5.69 Å². The van der Waals surface area contributed by atoms with E-state index in [1.165, 1.54) is 51.4 Å². The number of carboxylic acids is 1. The van der Waals surface area contributed by atoms with Gasteiger partial charge in [-0.05, 0) is 81.8 Å². The molecule has 0 amide bonds. The van der Waals surface area contributed by atoms with Gasteiger partial charge >= 0.3 is 5.97 Å². The summed E-state index contributed by atoms with van der Waals surface area (Å²) in [6, 6.07) is 10.1. The van der Waals surface area contributed by atoms with Gasteiger partial charge in [0, 0.05) is 36.5 Å². The number of hydrogen-bond acceptors (Lipinski definition) is 4. The Hall–Kier alpha value is -2.21. The topological polar surface area (TPSA) is 75.4 Å². The van der Waals surface area contributed by atoms with Crippen molar-refractivity contribution in [3.8, 4) is 0 Å². The van der Waals surface area contributed by atoms with Crippen LogP contribution in [0, 0.1) is 11.8 Å². The maximum Gasteiger partial charge on any atom is 0.303 e. The van der Waals surface area contributed by atoms with Gasteiger partial charge in [-0.15, -0.1) is 0 Å². The molecule has 1 aromatic carbocycles. The second-order valence-electron chi connectivity index (χ2n) is 12.2. The molecule has 0 radical (unpaired) electrons. The van der Waals surface area contributed by atoms with E-state index in [1.54, 1.807) is 0 Å². The Bertz CT molecular complexity index is 1150. The van der Waals surface area contributed by atoms with Crippen LogP contribution < -0.4 is 5.56 Å². The van der Waals surface area contributed by atoms with Crippen LogP contribution in [-0.4, -0.2) is 43.7 Å². The van der Waals surface area contributed by atoms with Crippen molar-refractivity contribution in [3.63, 3.8) is 0 Å². The fraction of sp³-hybridized carbons (Fsp3) is 0.700. The normalized spacial score (nSPS) is 33.0. The van der Waals surface area contributed by atoms with E-state index >= 15 is 0 Å². The molecule has 6 rings (SSSR count). The molecular weight excluding hydrogens is 450 g/mol. The molecule has 194 valence electrons. The van der Waals surface area contributed by atoms with E-state index in [0.717, 1.165) is 48.2 Å². The lowest BCUT2D eigenvalue weighted by atomic mass is 9.69. The lowest BCUT2D eigenvalue weighted by Crippen LogP contribution is -2.52. The molecule has 6 nitrogen and oxygen atoms in total. The summed E-state index contributed by atoms with van der Waals surface area (Å²) in [5, 5.41) is 9.25. The van der Waals surface area contributed by atoms with E-state index in [-0.39, 0.29) is 23.9 Å². The highest BCUT2D eigenvalue weighted by molar-refractivity contribution is 5.75. The Balaban J connectivity index is 1.31. The first kappa shape index (κ1) is 24.1. The number of fused-ring (bicyclic) bond motifs is 5. The van der Waals surface area contributed by atoms with Gasteiger partial charge in [0.05, 0.1) is 11.0 Å². The van der Waals surface area contributed by atoms with Gasteiger partial charge in [-0.3, -0.25) is 14.5 Å². The van der Waals surface area contributed by atoms with Crippen molar-refractivity contribution in [3.05, 3.63) is 40.3 Å². The van der Waals surface area contributed by atoms with Crippen molar-refractivity contribution in [2.75, 3.05) is 0 Å². The van der Waals surface area contributed by atoms with E-state index < -0.39 is 5.97 Å². The zero-order valence-electron chi connectivity index (χ0n) is 21.6. The molecule has 3 heterocycles. The Kier molecular flexibility index (Phi) is 6.65. The van der Waals surface area contributed by atoms with Crippen LogP contribution in [0.25, 0.3) is 11.0 Å². The maximum atomic E-state index is 14.0. The molecule has 36 heavy (non-hydrogen) atoms. The van der Waals surface area contributed by atoms with Crippen LogP contribution in [0.2, 0.25) is 0 Å². The highest BCUT2D eigenvalue weighted by Gasteiger charge is 2.47. The van der Waals surface area contributed by atoms with Gasteiger partial charge in [-0.1, -0.05) is 38.3 Å². The first-order valence-corrected chi connectivity index (χ1v) is 14.5. The highest BCUT2D eigenvalue weighted by atomic mass is 16.4. The minimum Gasteiger partial charge on any atom is -0.481 e. The number of hydrogen-bond donors (Lipinski definition) is 1. The second kappa shape index (κ2) is 9.92. The van der Waals surface area contributed by atoms with Crippen LogP contribution >= 0.6 is 0 Å². The van der Waals surface area contributed by atoms with E-state index in [9.17, 15) is 14.7 Å². The molecule has 0 spiro atoms. The fourth-order valence-corrected chi connectivity index (χ4v) is 8.56. The second-order valence-corrected chi connectivity index (χ2v) is 12.2. The molecular formula is C30H41N3O3. The van der Waals surface area contributed by atoms with Gasteiger partial charge in [-0.2, -0.15) is 0 Å². The molecule has 2 saturated heterocycles. The predicted octanol–water partition coefficient (Wildman–Crippen LogP) is 5.89. The predicted molar refractivity (Wildman–Crippen MR) is 141 cm³/mol. The van der Waals surface area contributed by atoms with Crippen molar-refractivity contribution >= 4 is 17.0 Å². The smallest absolute Gasteiger partial charge is 0.303 e. The number of carboxylic acid groups (broad SMARTS) is 1. The molecule has 2 aliphatic heterocycles. The molecule has 2 aromatic rings. The minimum absolute atomic E-state index is 0.0102. The van der Waals surface area contributed by atoms with Gasteiger partial charge in [0.25, 0.3) is 5.56 Å². The van der Waals surface area contributed by atoms with Crippen molar-refractivity contribution in [1.82, 2.24) is 14.5 Å². The van der Waals surface area contributed by atoms with E-state index in [2.05, 4.69) is 9.47 Å². The number of piperidine rings is 1. The van der Waals surface area contributed by atoms with Crippen molar-refractivity contribution in [1.29, 1.82) is 0 Å². The summed E-state index contributed by atoms with van der Waals surface area (Å²) in [7, 11) is 0. The first-order valence-electron chi connectivity index (χ1n) is 14.5. The molecule has 1 N–H and O–H groups in total. The summed E-state index contributed by atoms with van der Waals surface area (Å²) >= 11 is 0. The minimum atomic E-state index is -0.814. The summed E-state index contributed by atoms with van der Waals surface area (Å²) in [4.78, 5) is 33.0. The first-order chi connectivity index (χ1) is 17.5. The Morgan fingerprint density at radius 1 is 0.972 bits per heavy atom.